The van der Waals surface area contributed by atoms with Crippen LogP contribution in [0.25, 0.3) is 6.08 Å². The van der Waals surface area contributed by atoms with Crippen molar-refractivity contribution in [3.63, 3.8) is 0 Å². The standard InChI is InChI=1S/C17H21BBrFN2O2/c1-16(2)17(3,4)24-18(23-16)14(20)9-12-13(22(5)6)8-7-11(10-21)15(12)19/h7-9H,1-6H3. The molecule has 0 saturated carbocycles. The summed E-state index contributed by atoms with van der Waals surface area (Å²) in [7, 11) is 2.65. The molecule has 1 aromatic carbocycles. The predicted molar refractivity (Wildman–Crippen MR) is 98.4 cm³/mol. The molecule has 1 fully saturated rings. The average Bonchev–Trinajstić information content (AvgIpc) is 2.69. The fraction of sp³-hybridized carbons (Fsp3) is 0.471. The summed E-state index contributed by atoms with van der Waals surface area (Å²) in [6.45, 7) is 7.49. The van der Waals surface area contributed by atoms with Gasteiger partial charge in [-0.05, 0) is 61.8 Å². The molecule has 0 spiro atoms. The molecule has 1 saturated heterocycles. The normalized spacial score (nSPS) is 19.3. The van der Waals surface area contributed by atoms with E-state index in [0.29, 0.717) is 15.6 Å². The maximum atomic E-state index is 14.8. The van der Waals surface area contributed by atoms with Gasteiger partial charge in [0, 0.05) is 29.8 Å². The molecular formula is C17H21BBrFN2O2. The minimum atomic E-state index is -1.07. The summed E-state index contributed by atoms with van der Waals surface area (Å²) in [5, 5.41) is 9.20. The number of hydrogen-bond acceptors (Lipinski definition) is 4. The summed E-state index contributed by atoms with van der Waals surface area (Å²) in [6.07, 6.45) is 1.36. The van der Waals surface area contributed by atoms with Gasteiger partial charge in [0.05, 0.1) is 16.8 Å². The Labute approximate surface area is 151 Å². The predicted octanol–water partition coefficient (Wildman–Crippen LogP) is 4.33. The van der Waals surface area contributed by atoms with E-state index in [0.717, 1.165) is 5.69 Å². The van der Waals surface area contributed by atoms with Crippen LogP contribution >= 0.6 is 15.9 Å². The molecule has 1 aromatic rings. The largest absolute Gasteiger partial charge is 0.525 e. The summed E-state index contributed by atoms with van der Waals surface area (Å²) in [5.74, 6) is 0. The SMILES string of the molecule is CN(C)c1ccc(C#N)c(Br)c1C=C(F)B1OC(C)(C)C(C)(C)O1. The van der Waals surface area contributed by atoms with E-state index in [4.69, 9.17) is 9.31 Å². The number of rotatable bonds is 3. The summed E-state index contributed by atoms with van der Waals surface area (Å²) in [5.41, 5.74) is 0.0395. The lowest BCUT2D eigenvalue weighted by Gasteiger charge is -2.32. The Bertz CT molecular complexity index is 710. The number of benzene rings is 1. The van der Waals surface area contributed by atoms with Crippen LogP contribution in [0.2, 0.25) is 0 Å². The van der Waals surface area contributed by atoms with Gasteiger partial charge >= 0.3 is 7.12 Å². The topological polar surface area (TPSA) is 45.5 Å². The Kier molecular flexibility index (Phi) is 5.15. The molecule has 1 aliphatic rings. The van der Waals surface area contributed by atoms with Crippen molar-refractivity contribution in [2.24, 2.45) is 0 Å². The zero-order chi connectivity index (χ0) is 18.3. The Morgan fingerprint density at radius 2 is 1.79 bits per heavy atom. The highest BCUT2D eigenvalue weighted by molar-refractivity contribution is 9.10. The van der Waals surface area contributed by atoms with Crippen molar-refractivity contribution < 1.29 is 13.7 Å². The molecule has 128 valence electrons. The van der Waals surface area contributed by atoms with Crippen LogP contribution in [0.15, 0.2) is 22.3 Å². The van der Waals surface area contributed by atoms with Crippen molar-refractivity contribution in [2.45, 2.75) is 38.9 Å². The zero-order valence-corrected chi connectivity index (χ0v) is 16.4. The summed E-state index contributed by atoms with van der Waals surface area (Å²) < 4.78 is 26.8. The zero-order valence-electron chi connectivity index (χ0n) is 14.8. The maximum Gasteiger partial charge on any atom is 0.525 e. The Morgan fingerprint density at radius 3 is 2.25 bits per heavy atom. The number of anilines is 1. The molecule has 2 rings (SSSR count). The lowest BCUT2D eigenvalue weighted by molar-refractivity contribution is 0.00578. The monoisotopic (exact) mass is 394 g/mol. The highest BCUT2D eigenvalue weighted by atomic mass is 79.9. The first-order chi connectivity index (χ1) is 11.0. The molecule has 1 heterocycles. The maximum absolute atomic E-state index is 14.8. The van der Waals surface area contributed by atoms with Gasteiger partial charge < -0.3 is 14.2 Å². The van der Waals surface area contributed by atoms with Gasteiger partial charge in [0.2, 0.25) is 0 Å². The molecule has 0 atom stereocenters. The lowest BCUT2D eigenvalue weighted by Crippen LogP contribution is -2.41. The third-order valence-corrected chi connectivity index (χ3v) is 5.37. The fourth-order valence-electron chi connectivity index (χ4n) is 2.36. The van der Waals surface area contributed by atoms with Gasteiger partial charge in [0.1, 0.15) is 11.8 Å². The van der Waals surface area contributed by atoms with Crippen LogP contribution in [0.3, 0.4) is 0 Å². The third-order valence-electron chi connectivity index (χ3n) is 4.52. The first-order valence-electron chi connectivity index (χ1n) is 7.63. The van der Waals surface area contributed by atoms with Crippen LogP contribution in [0.1, 0.15) is 38.8 Å². The minimum Gasteiger partial charge on any atom is -0.398 e. The highest BCUT2D eigenvalue weighted by Gasteiger charge is 2.53. The van der Waals surface area contributed by atoms with E-state index < -0.39 is 24.0 Å². The van der Waals surface area contributed by atoms with Crippen LogP contribution in [-0.2, 0) is 9.31 Å². The second-order valence-electron chi connectivity index (χ2n) is 6.98. The van der Waals surface area contributed by atoms with Gasteiger partial charge in [-0.3, -0.25) is 0 Å². The third kappa shape index (κ3) is 3.37. The molecule has 1 aliphatic heterocycles. The van der Waals surface area contributed by atoms with E-state index >= 15 is 0 Å². The lowest BCUT2D eigenvalue weighted by atomic mass is 9.86. The highest BCUT2D eigenvalue weighted by Crippen LogP contribution is 2.40. The Morgan fingerprint density at radius 1 is 1.25 bits per heavy atom. The molecule has 0 aromatic heterocycles. The van der Waals surface area contributed by atoms with Crippen LogP contribution in [-0.4, -0.2) is 32.4 Å². The van der Waals surface area contributed by atoms with Gasteiger partial charge in [-0.15, -0.1) is 0 Å². The number of halogens is 2. The molecule has 0 aliphatic carbocycles. The number of nitrogens with zero attached hydrogens (tertiary/aromatic N) is 2. The first kappa shape index (κ1) is 19.0. The van der Waals surface area contributed by atoms with Crippen molar-refractivity contribution in [1.29, 1.82) is 5.26 Å². The van der Waals surface area contributed by atoms with E-state index in [1.165, 1.54) is 6.08 Å². The molecule has 0 N–H and O–H groups in total. The second kappa shape index (κ2) is 6.51. The first-order valence-corrected chi connectivity index (χ1v) is 8.42. The van der Waals surface area contributed by atoms with Crippen LogP contribution in [0.4, 0.5) is 10.1 Å². The van der Waals surface area contributed by atoms with Crippen LogP contribution < -0.4 is 4.90 Å². The van der Waals surface area contributed by atoms with E-state index in [1.54, 1.807) is 12.1 Å². The summed E-state index contributed by atoms with van der Waals surface area (Å²) in [6, 6.07) is 5.57. The molecule has 0 unspecified atom stereocenters. The van der Waals surface area contributed by atoms with Gasteiger partial charge in [-0.25, -0.2) is 4.39 Å². The number of nitriles is 1. The number of hydrogen-bond donors (Lipinski definition) is 0. The molecule has 24 heavy (non-hydrogen) atoms. The van der Waals surface area contributed by atoms with E-state index in [1.807, 2.05) is 46.7 Å². The smallest absolute Gasteiger partial charge is 0.398 e. The average molecular weight is 395 g/mol. The van der Waals surface area contributed by atoms with Crippen molar-refractivity contribution in [3.05, 3.63) is 33.5 Å². The molecular weight excluding hydrogens is 374 g/mol. The second-order valence-corrected chi connectivity index (χ2v) is 7.78. The van der Waals surface area contributed by atoms with Gasteiger partial charge in [-0.2, -0.15) is 5.26 Å². The minimum absolute atomic E-state index is 0.438. The quantitative estimate of drug-likeness (QED) is 0.715. The van der Waals surface area contributed by atoms with Crippen molar-refractivity contribution in [3.8, 4) is 6.07 Å². The van der Waals surface area contributed by atoms with Gasteiger partial charge in [0.15, 0.2) is 0 Å². The van der Waals surface area contributed by atoms with Crippen LogP contribution in [0, 0.1) is 11.3 Å². The van der Waals surface area contributed by atoms with Crippen molar-refractivity contribution in [2.75, 3.05) is 19.0 Å². The molecule has 0 bridgehead atoms. The van der Waals surface area contributed by atoms with E-state index in [-0.39, 0.29) is 0 Å². The Hall–Kier alpha value is -1.36. The van der Waals surface area contributed by atoms with Gasteiger partial charge in [0.25, 0.3) is 0 Å². The van der Waals surface area contributed by atoms with Crippen LogP contribution in [0.5, 0.6) is 0 Å². The van der Waals surface area contributed by atoms with Crippen molar-refractivity contribution >= 4 is 34.8 Å². The molecule has 0 radical (unpaired) electrons. The molecule has 4 nitrogen and oxygen atoms in total. The fourth-order valence-corrected chi connectivity index (χ4v) is 2.90. The summed E-state index contributed by atoms with van der Waals surface area (Å²) >= 11 is 3.40. The van der Waals surface area contributed by atoms with E-state index in [2.05, 4.69) is 22.0 Å². The summed E-state index contributed by atoms with van der Waals surface area (Å²) in [4.78, 5) is 1.86. The van der Waals surface area contributed by atoms with E-state index in [9.17, 15) is 9.65 Å². The molecule has 7 heteroatoms. The Balaban J connectivity index is 2.46. The van der Waals surface area contributed by atoms with Gasteiger partial charge in [-0.1, -0.05) is 0 Å². The van der Waals surface area contributed by atoms with Crippen molar-refractivity contribution in [1.82, 2.24) is 0 Å². The molecule has 0 amide bonds.